The van der Waals surface area contributed by atoms with Gasteiger partial charge in [0.25, 0.3) is 0 Å². The van der Waals surface area contributed by atoms with Gasteiger partial charge in [-0.25, -0.2) is 0 Å². The number of fused-ring (bicyclic) bond motifs is 2. The molecule has 0 saturated heterocycles. The number of carbonyl (C=O) groups is 2. The number of para-hydroxylation sites is 2. The van der Waals surface area contributed by atoms with Crippen LogP contribution in [0.4, 0.5) is 5.69 Å². The van der Waals surface area contributed by atoms with Crippen molar-refractivity contribution < 1.29 is 9.59 Å². The van der Waals surface area contributed by atoms with E-state index in [2.05, 4.69) is 39.6 Å². The molecule has 2 N–H and O–H groups in total. The zero-order valence-corrected chi connectivity index (χ0v) is 15.9. The van der Waals surface area contributed by atoms with Crippen molar-refractivity contribution >= 4 is 28.4 Å². The molecule has 4 rings (SSSR count). The molecule has 0 aliphatic carbocycles. The Morgan fingerprint density at radius 3 is 2.86 bits per heavy atom. The Labute approximate surface area is 164 Å². The number of carbonyl (C=O) groups excluding carboxylic acids is 2. The highest BCUT2D eigenvalue weighted by molar-refractivity contribution is 5.96. The molecule has 1 aliphatic heterocycles. The summed E-state index contributed by atoms with van der Waals surface area (Å²) in [6.07, 6.45) is 4.63. The molecule has 1 aromatic heterocycles. The highest BCUT2D eigenvalue weighted by atomic mass is 16.2. The predicted octanol–water partition coefficient (Wildman–Crippen LogP) is 3.74. The van der Waals surface area contributed by atoms with Crippen LogP contribution in [0.2, 0.25) is 0 Å². The van der Waals surface area contributed by atoms with E-state index < -0.39 is 0 Å². The minimum absolute atomic E-state index is 0.0176. The van der Waals surface area contributed by atoms with Crippen LogP contribution in [0.3, 0.4) is 0 Å². The third-order valence-electron chi connectivity index (χ3n) is 5.41. The summed E-state index contributed by atoms with van der Waals surface area (Å²) in [6.45, 7) is 1.51. The summed E-state index contributed by atoms with van der Waals surface area (Å²) in [5.74, 6) is -0.0955. The number of hydrogen-bond acceptors (Lipinski definition) is 2. The molecule has 144 valence electrons. The zero-order chi connectivity index (χ0) is 19.3. The molecule has 2 amide bonds. The van der Waals surface area contributed by atoms with Crippen LogP contribution in [0.5, 0.6) is 0 Å². The van der Waals surface area contributed by atoms with Crippen molar-refractivity contribution in [3.63, 3.8) is 0 Å². The van der Waals surface area contributed by atoms with Gasteiger partial charge >= 0.3 is 0 Å². The smallest absolute Gasteiger partial charge is 0.227 e. The maximum Gasteiger partial charge on any atom is 0.227 e. The molecule has 28 heavy (non-hydrogen) atoms. The molecule has 5 heteroatoms. The van der Waals surface area contributed by atoms with Gasteiger partial charge in [0.2, 0.25) is 11.8 Å². The van der Waals surface area contributed by atoms with Gasteiger partial charge in [-0.15, -0.1) is 0 Å². The Hall–Kier alpha value is -3.08. The molecule has 1 unspecified atom stereocenters. The van der Waals surface area contributed by atoms with Gasteiger partial charge in [-0.3, -0.25) is 9.59 Å². The van der Waals surface area contributed by atoms with Gasteiger partial charge < -0.3 is 15.2 Å². The molecule has 5 nitrogen and oxygen atoms in total. The monoisotopic (exact) mass is 375 g/mol. The predicted molar refractivity (Wildman–Crippen MR) is 111 cm³/mol. The van der Waals surface area contributed by atoms with Crippen LogP contribution in [0.15, 0.2) is 60.8 Å². The lowest BCUT2D eigenvalue weighted by Gasteiger charge is -2.24. The Morgan fingerprint density at radius 2 is 1.93 bits per heavy atom. The third-order valence-corrected chi connectivity index (χ3v) is 5.41. The van der Waals surface area contributed by atoms with Crippen molar-refractivity contribution in [3.8, 4) is 0 Å². The first kappa shape index (κ1) is 18.3. The van der Waals surface area contributed by atoms with Crippen LogP contribution in [-0.2, 0) is 22.6 Å². The van der Waals surface area contributed by atoms with Crippen LogP contribution in [0.1, 0.15) is 24.8 Å². The van der Waals surface area contributed by atoms with Crippen LogP contribution in [0, 0.1) is 5.92 Å². The van der Waals surface area contributed by atoms with E-state index in [0.717, 1.165) is 24.2 Å². The fourth-order valence-corrected chi connectivity index (χ4v) is 3.85. The van der Waals surface area contributed by atoms with E-state index in [9.17, 15) is 9.59 Å². The Balaban J connectivity index is 1.19. The van der Waals surface area contributed by atoms with E-state index in [4.69, 9.17) is 0 Å². The minimum Gasteiger partial charge on any atom is -0.356 e. The first-order valence-corrected chi connectivity index (χ1v) is 9.90. The number of amides is 2. The SMILES string of the molecule is O=C(CCC1Cc2ccccc2NC1=O)NCCCn1ccc2ccccc21. The van der Waals surface area contributed by atoms with Crippen molar-refractivity contribution in [2.75, 3.05) is 11.9 Å². The Bertz CT molecular complexity index is 992. The molecule has 0 radical (unpaired) electrons. The number of hydrogen-bond donors (Lipinski definition) is 2. The van der Waals surface area contributed by atoms with Gasteiger partial charge in [-0.2, -0.15) is 0 Å². The van der Waals surface area contributed by atoms with Crippen molar-refractivity contribution in [1.82, 2.24) is 9.88 Å². The molecular formula is C23H25N3O2. The molecule has 2 heterocycles. The molecule has 1 aliphatic rings. The van der Waals surface area contributed by atoms with E-state index in [-0.39, 0.29) is 17.7 Å². The summed E-state index contributed by atoms with van der Waals surface area (Å²) in [5, 5.41) is 7.16. The Morgan fingerprint density at radius 1 is 1.11 bits per heavy atom. The fraction of sp³-hybridized carbons (Fsp3) is 0.304. The summed E-state index contributed by atoms with van der Waals surface area (Å²) in [6, 6.07) is 18.3. The van der Waals surface area contributed by atoms with Crippen LogP contribution < -0.4 is 10.6 Å². The molecule has 0 bridgehead atoms. The van der Waals surface area contributed by atoms with E-state index in [1.807, 2.05) is 36.4 Å². The van der Waals surface area contributed by atoms with Crippen molar-refractivity contribution in [2.24, 2.45) is 5.92 Å². The van der Waals surface area contributed by atoms with Crippen molar-refractivity contribution in [3.05, 3.63) is 66.4 Å². The molecule has 0 spiro atoms. The van der Waals surface area contributed by atoms with Crippen LogP contribution in [-0.4, -0.2) is 22.9 Å². The first-order chi connectivity index (χ1) is 13.7. The Kier molecular flexibility index (Phi) is 5.42. The van der Waals surface area contributed by atoms with Crippen molar-refractivity contribution in [1.29, 1.82) is 0 Å². The lowest BCUT2D eigenvalue weighted by molar-refractivity contribution is -0.122. The van der Waals surface area contributed by atoms with E-state index >= 15 is 0 Å². The quantitative estimate of drug-likeness (QED) is 0.618. The molecule has 0 fully saturated rings. The molecular weight excluding hydrogens is 350 g/mol. The molecule has 1 atom stereocenters. The normalized spacial score (nSPS) is 15.9. The second-order valence-corrected chi connectivity index (χ2v) is 7.36. The number of anilines is 1. The minimum atomic E-state index is -0.133. The number of aryl methyl sites for hydroxylation is 1. The highest BCUT2D eigenvalue weighted by Crippen LogP contribution is 2.27. The molecule has 0 saturated carbocycles. The van der Waals surface area contributed by atoms with E-state index in [1.165, 1.54) is 10.9 Å². The van der Waals surface area contributed by atoms with Gasteiger partial charge in [-0.05, 0) is 48.4 Å². The lowest BCUT2D eigenvalue weighted by atomic mass is 9.89. The second kappa shape index (κ2) is 8.30. The van der Waals surface area contributed by atoms with Gasteiger partial charge in [0, 0.05) is 42.8 Å². The molecule has 2 aromatic carbocycles. The summed E-state index contributed by atoms with van der Waals surface area (Å²) >= 11 is 0. The number of aromatic nitrogens is 1. The zero-order valence-electron chi connectivity index (χ0n) is 15.9. The largest absolute Gasteiger partial charge is 0.356 e. The lowest BCUT2D eigenvalue weighted by Crippen LogP contribution is -2.32. The number of nitrogens with zero attached hydrogens (tertiary/aromatic N) is 1. The summed E-state index contributed by atoms with van der Waals surface area (Å²) in [4.78, 5) is 24.4. The van der Waals surface area contributed by atoms with Crippen LogP contribution >= 0.6 is 0 Å². The third kappa shape index (κ3) is 4.09. The van der Waals surface area contributed by atoms with Gasteiger partial charge in [0.05, 0.1) is 0 Å². The van der Waals surface area contributed by atoms with Crippen molar-refractivity contribution in [2.45, 2.75) is 32.2 Å². The average molecular weight is 375 g/mol. The topological polar surface area (TPSA) is 63.1 Å². The summed E-state index contributed by atoms with van der Waals surface area (Å²) in [7, 11) is 0. The van der Waals surface area contributed by atoms with Gasteiger partial charge in [0.1, 0.15) is 0 Å². The maximum absolute atomic E-state index is 12.2. The average Bonchev–Trinajstić information content (AvgIpc) is 3.13. The summed E-state index contributed by atoms with van der Waals surface area (Å²) < 4.78 is 2.21. The fourth-order valence-electron chi connectivity index (χ4n) is 3.85. The highest BCUT2D eigenvalue weighted by Gasteiger charge is 2.26. The van der Waals surface area contributed by atoms with E-state index in [1.54, 1.807) is 0 Å². The standard InChI is InChI=1S/C23H25N3O2/c27-22(11-10-19-16-18-7-1-3-8-20(18)25-23(19)28)24-13-5-14-26-15-12-17-6-2-4-9-21(17)26/h1-4,6-9,12,15,19H,5,10-11,13-14,16H2,(H,24,27)(H,25,28). The first-order valence-electron chi connectivity index (χ1n) is 9.90. The molecule has 3 aromatic rings. The summed E-state index contributed by atoms with van der Waals surface area (Å²) in [5.41, 5.74) is 3.26. The van der Waals surface area contributed by atoms with Gasteiger partial charge in [0.15, 0.2) is 0 Å². The number of benzene rings is 2. The van der Waals surface area contributed by atoms with Crippen LogP contribution in [0.25, 0.3) is 10.9 Å². The number of nitrogens with one attached hydrogen (secondary N) is 2. The number of rotatable bonds is 7. The maximum atomic E-state index is 12.2. The van der Waals surface area contributed by atoms with Gasteiger partial charge in [-0.1, -0.05) is 36.4 Å². The second-order valence-electron chi connectivity index (χ2n) is 7.36. The van der Waals surface area contributed by atoms with E-state index in [0.29, 0.717) is 25.8 Å².